The SMILES string of the molecule is C1=CC(c2ccncc2-c2ccc3c(-c4ccccc4)c4cc(-c5cnccc5-c5ccncc5)ccc4c(-c4ccccc4)c3c2)=CCN1. The van der Waals surface area contributed by atoms with Crippen LogP contribution in [-0.2, 0) is 0 Å². The molecule has 50 heavy (non-hydrogen) atoms. The number of hydrogen-bond donors (Lipinski definition) is 1. The van der Waals surface area contributed by atoms with Crippen LogP contribution in [0.2, 0.25) is 0 Å². The molecule has 0 amide bonds. The second-order valence-electron chi connectivity index (χ2n) is 12.5. The molecule has 8 aromatic rings. The van der Waals surface area contributed by atoms with Crippen molar-refractivity contribution in [2.75, 3.05) is 6.54 Å². The lowest BCUT2D eigenvalue weighted by Crippen LogP contribution is -2.08. The van der Waals surface area contributed by atoms with Gasteiger partial charge in [0.15, 0.2) is 0 Å². The van der Waals surface area contributed by atoms with Crippen LogP contribution in [0.5, 0.6) is 0 Å². The fourth-order valence-electron chi connectivity index (χ4n) is 7.33. The Kier molecular flexibility index (Phi) is 7.52. The summed E-state index contributed by atoms with van der Waals surface area (Å²) in [6.07, 6.45) is 17.8. The highest BCUT2D eigenvalue weighted by Gasteiger charge is 2.20. The van der Waals surface area contributed by atoms with Crippen LogP contribution in [0.3, 0.4) is 0 Å². The molecule has 0 fully saturated rings. The van der Waals surface area contributed by atoms with Crippen molar-refractivity contribution in [2.24, 2.45) is 0 Å². The van der Waals surface area contributed by atoms with Crippen molar-refractivity contribution in [3.05, 3.63) is 182 Å². The third kappa shape index (κ3) is 5.24. The molecule has 4 heterocycles. The van der Waals surface area contributed by atoms with E-state index in [4.69, 9.17) is 0 Å². The van der Waals surface area contributed by atoms with Gasteiger partial charge in [0, 0.05) is 54.9 Å². The van der Waals surface area contributed by atoms with Gasteiger partial charge >= 0.3 is 0 Å². The summed E-state index contributed by atoms with van der Waals surface area (Å²) in [7, 11) is 0. The van der Waals surface area contributed by atoms with Crippen LogP contribution in [-0.4, -0.2) is 21.5 Å². The van der Waals surface area contributed by atoms with E-state index in [0.717, 1.165) is 39.9 Å². The molecule has 0 bridgehead atoms. The van der Waals surface area contributed by atoms with Gasteiger partial charge in [0.2, 0.25) is 0 Å². The molecule has 236 valence electrons. The normalized spacial score (nSPS) is 12.5. The standard InChI is InChI=1S/C46H32N4/c1-3-7-33(8-4-1)45-39-13-11-36(44-30-50-26-20-38(44)32-17-23-48-24-18-32)28-42(39)46(34-9-5-2-6-10-34)40-14-12-35(27-41(40)45)43-29-49-25-19-37(43)31-15-21-47-22-16-31/h1-23,25-30,48H,24H2. The van der Waals surface area contributed by atoms with Crippen LogP contribution in [0.4, 0.5) is 0 Å². The molecule has 4 heteroatoms. The summed E-state index contributed by atoms with van der Waals surface area (Å²) in [5.41, 5.74) is 13.9. The first-order chi connectivity index (χ1) is 24.8. The molecule has 9 rings (SSSR count). The molecule has 0 saturated carbocycles. The minimum Gasteiger partial charge on any atom is -0.387 e. The molecular formula is C46H32N4. The Balaban J connectivity index is 1.36. The zero-order chi connectivity index (χ0) is 33.3. The maximum atomic E-state index is 4.58. The van der Waals surface area contributed by atoms with E-state index in [0.29, 0.717) is 0 Å². The second-order valence-corrected chi connectivity index (χ2v) is 12.5. The first-order valence-corrected chi connectivity index (χ1v) is 16.9. The fourth-order valence-corrected chi connectivity index (χ4v) is 7.33. The Morgan fingerprint density at radius 2 is 0.960 bits per heavy atom. The summed E-state index contributed by atoms with van der Waals surface area (Å²) in [6, 6.07) is 43.7. The van der Waals surface area contributed by atoms with Crippen LogP contribution >= 0.6 is 0 Å². The summed E-state index contributed by atoms with van der Waals surface area (Å²) in [5, 5.41) is 8.09. The van der Waals surface area contributed by atoms with Crippen molar-refractivity contribution in [3.63, 3.8) is 0 Å². The molecule has 1 aliphatic heterocycles. The van der Waals surface area contributed by atoms with Gasteiger partial charge in [-0.2, -0.15) is 0 Å². The molecule has 0 saturated heterocycles. The average molecular weight is 641 g/mol. The molecule has 4 nitrogen and oxygen atoms in total. The van der Waals surface area contributed by atoms with Crippen molar-refractivity contribution < 1.29 is 0 Å². The summed E-state index contributed by atoms with van der Waals surface area (Å²) in [5.74, 6) is 0. The number of allylic oxidation sites excluding steroid dienone is 2. The van der Waals surface area contributed by atoms with Crippen LogP contribution in [0.25, 0.3) is 82.8 Å². The predicted molar refractivity (Wildman–Crippen MR) is 207 cm³/mol. The summed E-state index contributed by atoms with van der Waals surface area (Å²) in [4.78, 5) is 13.4. The highest BCUT2D eigenvalue weighted by atomic mass is 14.8. The minimum absolute atomic E-state index is 0.807. The monoisotopic (exact) mass is 640 g/mol. The van der Waals surface area contributed by atoms with Gasteiger partial charge in [-0.15, -0.1) is 0 Å². The number of aromatic nitrogens is 3. The van der Waals surface area contributed by atoms with Gasteiger partial charge < -0.3 is 5.32 Å². The lowest BCUT2D eigenvalue weighted by atomic mass is 9.83. The number of rotatable bonds is 6. The Morgan fingerprint density at radius 1 is 0.420 bits per heavy atom. The van der Waals surface area contributed by atoms with E-state index in [1.54, 1.807) is 0 Å². The summed E-state index contributed by atoms with van der Waals surface area (Å²) >= 11 is 0. The van der Waals surface area contributed by atoms with E-state index >= 15 is 0 Å². The number of nitrogens with zero attached hydrogens (tertiary/aromatic N) is 3. The second kappa shape index (κ2) is 12.8. The number of nitrogens with one attached hydrogen (secondary N) is 1. The average Bonchev–Trinajstić information content (AvgIpc) is 3.21. The van der Waals surface area contributed by atoms with Gasteiger partial charge in [0.1, 0.15) is 0 Å². The van der Waals surface area contributed by atoms with E-state index in [1.165, 1.54) is 54.9 Å². The highest BCUT2D eigenvalue weighted by molar-refractivity contribution is 6.22. The molecular weight excluding hydrogens is 609 g/mol. The van der Waals surface area contributed by atoms with Gasteiger partial charge in [-0.1, -0.05) is 91.0 Å². The lowest BCUT2D eigenvalue weighted by Gasteiger charge is -2.20. The first-order valence-electron chi connectivity index (χ1n) is 16.9. The number of fused-ring (bicyclic) bond motifs is 2. The number of pyridine rings is 3. The quantitative estimate of drug-likeness (QED) is 0.184. The van der Waals surface area contributed by atoms with Crippen molar-refractivity contribution in [1.29, 1.82) is 0 Å². The van der Waals surface area contributed by atoms with Gasteiger partial charge in [-0.25, -0.2) is 0 Å². The Bertz CT molecular complexity index is 2570. The molecule has 0 aliphatic carbocycles. The summed E-state index contributed by atoms with van der Waals surface area (Å²) in [6.45, 7) is 0.807. The lowest BCUT2D eigenvalue weighted by molar-refractivity contribution is 0.975. The molecule has 0 atom stereocenters. The van der Waals surface area contributed by atoms with Crippen molar-refractivity contribution in [3.8, 4) is 55.6 Å². The van der Waals surface area contributed by atoms with Gasteiger partial charge in [-0.3, -0.25) is 15.0 Å². The van der Waals surface area contributed by atoms with E-state index < -0.39 is 0 Å². The van der Waals surface area contributed by atoms with Crippen LogP contribution in [0.1, 0.15) is 5.56 Å². The van der Waals surface area contributed by atoms with Gasteiger partial charge in [0.05, 0.1) is 0 Å². The zero-order valence-corrected chi connectivity index (χ0v) is 27.3. The van der Waals surface area contributed by atoms with E-state index in [9.17, 15) is 0 Å². The topological polar surface area (TPSA) is 50.7 Å². The first kappa shape index (κ1) is 29.5. The third-order valence-corrected chi connectivity index (χ3v) is 9.63. The molecule has 1 aliphatic rings. The predicted octanol–water partition coefficient (Wildman–Crippen LogP) is 11.0. The Morgan fingerprint density at radius 3 is 1.52 bits per heavy atom. The summed E-state index contributed by atoms with van der Waals surface area (Å²) < 4.78 is 0. The highest BCUT2D eigenvalue weighted by Crippen LogP contribution is 2.46. The van der Waals surface area contributed by atoms with E-state index in [-0.39, 0.29) is 0 Å². The van der Waals surface area contributed by atoms with Crippen molar-refractivity contribution in [1.82, 2.24) is 20.3 Å². The smallest absolute Gasteiger partial charge is 0.0352 e. The maximum Gasteiger partial charge on any atom is 0.0352 e. The van der Waals surface area contributed by atoms with Gasteiger partial charge in [0.25, 0.3) is 0 Å². The number of hydrogen-bond acceptors (Lipinski definition) is 4. The van der Waals surface area contributed by atoms with E-state index in [2.05, 4.69) is 154 Å². The van der Waals surface area contributed by atoms with Crippen molar-refractivity contribution >= 4 is 27.1 Å². The molecule has 0 spiro atoms. The van der Waals surface area contributed by atoms with Crippen LogP contribution < -0.4 is 5.32 Å². The van der Waals surface area contributed by atoms with Crippen molar-refractivity contribution in [2.45, 2.75) is 0 Å². The largest absolute Gasteiger partial charge is 0.387 e. The van der Waals surface area contributed by atoms with Crippen LogP contribution in [0, 0.1) is 0 Å². The fraction of sp³-hybridized carbons (Fsp3) is 0.0217. The Labute approximate surface area is 291 Å². The molecule has 3 aromatic heterocycles. The third-order valence-electron chi connectivity index (χ3n) is 9.63. The molecule has 1 N–H and O–H groups in total. The Hall–Kier alpha value is -6.65. The van der Waals surface area contributed by atoms with Crippen LogP contribution in [0.15, 0.2) is 177 Å². The number of benzene rings is 5. The zero-order valence-electron chi connectivity index (χ0n) is 27.3. The molecule has 0 unspecified atom stereocenters. The van der Waals surface area contributed by atoms with Gasteiger partial charge in [-0.05, 0) is 126 Å². The minimum atomic E-state index is 0.807. The van der Waals surface area contributed by atoms with E-state index in [1.807, 2.05) is 43.4 Å². The number of dihydropyridines is 1. The molecule has 0 radical (unpaired) electrons. The molecule has 5 aromatic carbocycles. The maximum absolute atomic E-state index is 4.58.